The number of rotatable bonds is 3. The summed E-state index contributed by atoms with van der Waals surface area (Å²) in [6.07, 6.45) is 1.12. The second-order valence-corrected chi connectivity index (χ2v) is 5.92. The van der Waals surface area contributed by atoms with Crippen LogP contribution in [0.3, 0.4) is 0 Å². The summed E-state index contributed by atoms with van der Waals surface area (Å²) in [6.45, 7) is 2.04. The largest absolute Gasteiger partial charge is 0.316 e. The van der Waals surface area contributed by atoms with Crippen LogP contribution in [0.15, 0.2) is 27.8 Å². The summed E-state index contributed by atoms with van der Waals surface area (Å²) in [5, 5.41) is 3.95. The molecule has 1 saturated heterocycles. The lowest BCUT2D eigenvalue weighted by molar-refractivity contribution is 0.631. The number of hydrogen-bond acceptors (Lipinski definition) is 3. The van der Waals surface area contributed by atoms with E-state index in [9.17, 15) is 4.21 Å². The van der Waals surface area contributed by atoms with Crippen molar-refractivity contribution in [2.75, 3.05) is 18.8 Å². The van der Waals surface area contributed by atoms with E-state index in [0.29, 0.717) is 10.9 Å². The molecule has 0 bridgehead atoms. The van der Waals surface area contributed by atoms with E-state index in [0.717, 1.165) is 29.9 Å². The number of nitrogens with one attached hydrogen (secondary N) is 1. The summed E-state index contributed by atoms with van der Waals surface area (Å²) in [7, 11) is -0.965. The Morgan fingerprint density at radius 2 is 2.47 bits per heavy atom. The highest BCUT2D eigenvalue weighted by atomic mass is 79.9. The minimum absolute atomic E-state index is 0.534. The van der Waals surface area contributed by atoms with Gasteiger partial charge in [-0.25, -0.2) is 4.98 Å². The van der Waals surface area contributed by atoms with E-state index in [2.05, 4.69) is 26.2 Å². The first-order valence-corrected chi connectivity index (χ1v) is 7.08. The number of hydrogen-bond donors (Lipinski definition) is 1. The first kappa shape index (κ1) is 11.2. The van der Waals surface area contributed by atoms with Crippen molar-refractivity contribution >= 4 is 26.7 Å². The van der Waals surface area contributed by atoms with Crippen LogP contribution in [-0.2, 0) is 10.8 Å². The van der Waals surface area contributed by atoms with Crippen molar-refractivity contribution < 1.29 is 4.21 Å². The Labute approximate surface area is 100 Å². The molecule has 82 valence electrons. The van der Waals surface area contributed by atoms with Crippen molar-refractivity contribution in [3.05, 3.63) is 22.8 Å². The monoisotopic (exact) mass is 288 g/mol. The predicted molar refractivity (Wildman–Crippen MR) is 64.2 cm³/mol. The Hall–Kier alpha value is -0.260. The van der Waals surface area contributed by atoms with Gasteiger partial charge in [0.15, 0.2) is 0 Å². The highest BCUT2D eigenvalue weighted by Gasteiger charge is 2.18. The number of nitrogens with zero attached hydrogens (tertiary/aromatic N) is 1. The fraction of sp³-hybridized carbons (Fsp3) is 0.500. The SMILES string of the molecule is O=S(CC1CCNC1)c1cccc(Br)n1. The molecule has 2 atom stereocenters. The summed E-state index contributed by atoms with van der Waals surface area (Å²) >= 11 is 3.29. The fourth-order valence-corrected chi connectivity index (χ4v) is 3.45. The second kappa shape index (κ2) is 5.18. The summed E-state index contributed by atoms with van der Waals surface area (Å²) < 4.78 is 12.7. The van der Waals surface area contributed by atoms with Gasteiger partial charge in [-0.05, 0) is 53.5 Å². The molecule has 1 N–H and O–H groups in total. The molecule has 0 amide bonds. The molecule has 0 saturated carbocycles. The molecule has 2 rings (SSSR count). The van der Waals surface area contributed by atoms with Gasteiger partial charge in [0, 0.05) is 5.75 Å². The van der Waals surface area contributed by atoms with Gasteiger partial charge in [0.05, 0.1) is 10.8 Å². The Morgan fingerprint density at radius 3 is 3.13 bits per heavy atom. The normalized spacial score (nSPS) is 22.9. The maximum Gasteiger partial charge on any atom is 0.128 e. The average molecular weight is 289 g/mol. The molecule has 0 aliphatic carbocycles. The summed E-state index contributed by atoms with van der Waals surface area (Å²) in [4.78, 5) is 4.21. The van der Waals surface area contributed by atoms with Gasteiger partial charge < -0.3 is 5.32 Å². The van der Waals surface area contributed by atoms with Crippen LogP contribution in [0.25, 0.3) is 0 Å². The van der Waals surface area contributed by atoms with Crippen molar-refractivity contribution in [1.82, 2.24) is 10.3 Å². The quantitative estimate of drug-likeness (QED) is 0.859. The van der Waals surface area contributed by atoms with Gasteiger partial charge in [0.25, 0.3) is 0 Å². The molecule has 1 aromatic rings. The zero-order valence-corrected chi connectivity index (χ0v) is 10.7. The number of aromatic nitrogens is 1. The van der Waals surface area contributed by atoms with E-state index in [1.165, 1.54) is 0 Å². The van der Waals surface area contributed by atoms with Crippen molar-refractivity contribution in [2.24, 2.45) is 5.92 Å². The lowest BCUT2D eigenvalue weighted by Crippen LogP contribution is -2.15. The summed E-state index contributed by atoms with van der Waals surface area (Å²) in [5.74, 6) is 1.25. The molecular weight excluding hydrogens is 276 g/mol. The van der Waals surface area contributed by atoms with Crippen LogP contribution < -0.4 is 5.32 Å². The van der Waals surface area contributed by atoms with Crippen LogP contribution in [0.1, 0.15) is 6.42 Å². The third kappa shape index (κ3) is 3.09. The Kier molecular flexibility index (Phi) is 3.88. The molecular formula is C10H13BrN2OS. The lowest BCUT2D eigenvalue weighted by Gasteiger charge is -2.07. The van der Waals surface area contributed by atoms with E-state index in [-0.39, 0.29) is 0 Å². The highest BCUT2D eigenvalue weighted by molar-refractivity contribution is 9.10. The standard InChI is InChI=1S/C10H13BrN2OS/c11-9-2-1-3-10(13-9)15(14)7-8-4-5-12-6-8/h1-3,8,12H,4-7H2. The molecule has 2 unspecified atom stereocenters. The summed E-state index contributed by atoms with van der Waals surface area (Å²) in [6, 6.07) is 5.54. The zero-order chi connectivity index (χ0) is 10.7. The molecule has 5 heteroatoms. The number of halogens is 1. The average Bonchev–Trinajstić information content (AvgIpc) is 2.70. The topological polar surface area (TPSA) is 42.0 Å². The molecule has 0 aromatic carbocycles. The molecule has 2 heterocycles. The van der Waals surface area contributed by atoms with Crippen molar-refractivity contribution in [3.8, 4) is 0 Å². The minimum Gasteiger partial charge on any atom is -0.316 e. The Balaban J connectivity index is 2.01. The van der Waals surface area contributed by atoms with Gasteiger partial charge in [-0.15, -0.1) is 0 Å². The molecule has 1 aliphatic heterocycles. The van der Waals surface area contributed by atoms with Gasteiger partial charge in [-0.2, -0.15) is 0 Å². The van der Waals surface area contributed by atoms with Crippen molar-refractivity contribution in [1.29, 1.82) is 0 Å². The Bertz CT molecular complexity index is 366. The molecule has 1 aromatic heterocycles. The van der Waals surface area contributed by atoms with Crippen molar-refractivity contribution in [2.45, 2.75) is 11.4 Å². The highest BCUT2D eigenvalue weighted by Crippen LogP contribution is 2.15. The van der Waals surface area contributed by atoms with Gasteiger partial charge in [-0.1, -0.05) is 6.07 Å². The van der Waals surface area contributed by atoms with E-state index >= 15 is 0 Å². The third-order valence-corrected chi connectivity index (χ3v) is 4.38. The fourth-order valence-electron chi connectivity index (χ4n) is 1.67. The molecule has 1 aliphatic rings. The third-order valence-electron chi connectivity index (χ3n) is 2.47. The van der Waals surface area contributed by atoms with E-state index < -0.39 is 10.8 Å². The smallest absolute Gasteiger partial charge is 0.128 e. The first-order chi connectivity index (χ1) is 7.25. The van der Waals surface area contributed by atoms with Crippen LogP contribution in [0.4, 0.5) is 0 Å². The van der Waals surface area contributed by atoms with E-state index in [1.807, 2.05) is 18.2 Å². The minimum atomic E-state index is -0.965. The molecule has 3 nitrogen and oxygen atoms in total. The van der Waals surface area contributed by atoms with Crippen LogP contribution in [0, 0.1) is 5.92 Å². The van der Waals surface area contributed by atoms with Crippen LogP contribution >= 0.6 is 15.9 Å². The van der Waals surface area contributed by atoms with Crippen LogP contribution in [0.2, 0.25) is 0 Å². The van der Waals surface area contributed by atoms with Gasteiger partial charge >= 0.3 is 0 Å². The first-order valence-electron chi connectivity index (χ1n) is 4.97. The number of pyridine rings is 1. The maximum absolute atomic E-state index is 12.0. The predicted octanol–water partition coefficient (Wildman–Crippen LogP) is 1.56. The molecule has 0 radical (unpaired) electrons. The van der Waals surface area contributed by atoms with Crippen LogP contribution in [-0.4, -0.2) is 28.0 Å². The molecule has 0 spiro atoms. The zero-order valence-electron chi connectivity index (χ0n) is 8.28. The molecule has 1 fully saturated rings. The lowest BCUT2D eigenvalue weighted by atomic mass is 10.2. The van der Waals surface area contributed by atoms with Gasteiger partial charge in [-0.3, -0.25) is 4.21 Å². The second-order valence-electron chi connectivity index (χ2n) is 3.67. The van der Waals surface area contributed by atoms with Crippen LogP contribution in [0.5, 0.6) is 0 Å². The summed E-state index contributed by atoms with van der Waals surface area (Å²) in [5.41, 5.74) is 0. The van der Waals surface area contributed by atoms with Gasteiger partial charge in [0.2, 0.25) is 0 Å². The van der Waals surface area contributed by atoms with Crippen molar-refractivity contribution in [3.63, 3.8) is 0 Å². The van der Waals surface area contributed by atoms with E-state index in [4.69, 9.17) is 0 Å². The van der Waals surface area contributed by atoms with E-state index in [1.54, 1.807) is 0 Å². The van der Waals surface area contributed by atoms with Gasteiger partial charge in [0.1, 0.15) is 9.63 Å². The Morgan fingerprint density at radius 1 is 1.60 bits per heavy atom. The molecule has 15 heavy (non-hydrogen) atoms. The maximum atomic E-state index is 12.0.